The van der Waals surface area contributed by atoms with Gasteiger partial charge in [-0.05, 0) is 25.0 Å². The van der Waals surface area contributed by atoms with Crippen LogP contribution in [0.5, 0.6) is 0 Å². The number of sulfonamides is 1. The van der Waals surface area contributed by atoms with Crippen LogP contribution in [0.25, 0.3) is 11.0 Å². The summed E-state index contributed by atoms with van der Waals surface area (Å²) >= 11 is 0. The number of aromatic nitrogens is 4. The molecule has 3 heterocycles. The highest BCUT2D eigenvalue weighted by Crippen LogP contribution is 2.27. The number of para-hydroxylation sites is 2. The molecule has 1 aromatic carbocycles. The summed E-state index contributed by atoms with van der Waals surface area (Å²) < 4.78 is 24.8. The molecule has 9 heteroatoms. The highest BCUT2D eigenvalue weighted by atomic mass is 32.2. The van der Waals surface area contributed by atoms with Crippen LogP contribution < -0.4 is 10.0 Å². The molecule has 4 rings (SSSR count). The van der Waals surface area contributed by atoms with Crippen molar-refractivity contribution >= 4 is 27.0 Å². The van der Waals surface area contributed by atoms with Crippen molar-refractivity contribution in [3.8, 4) is 0 Å². The normalized spacial score (nSPS) is 16.4. The molecule has 8 nitrogen and oxygen atoms in total. The average molecular weight is 358 g/mol. The third kappa shape index (κ3) is 3.08. The first-order valence-electron chi connectivity index (χ1n) is 8.04. The van der Waals surface area contributed by atoms with Crippen molar-refractivity contribution in [2.24, 2.45) is 5.14 Å². The van der Waals surface area contributed by atoms with Gasteiger partial charge in [0.25, 0.3) is 0 Å². The Bertz CT molecular complexity index is 991. The van der Waals surface area contributed by atoms with E-state index in [9.17, 15) is 8.42 Å². The topological polar surface area (TPSA) is 107 Å². The third-order valence-electron chi connectivity index (χ3n) is 4.56. The van der Waals surface area contributed by atoms with E-state index in [-0.39, 0.29) is 4.90 Å². The number of nitrogens with zero attached hydrogens (tertiary/aromatic N) is 5. The first kappa shape index (κ1) is 16.0. The predicted octanol–water partition coefficient (Wildman–Crippen LogP) is 1.32. The lowest BCUT2D eigenvalue weighted by Gasteiger charge is -2.32. The molecule has 130 valence electrons. The minimum Gasteiger partial charge on any atom is -0.341 e. The van der Waals surface area contributed by atoms with E-state index in [1.54, 1.807) is 0 Å². The fourth-order valence-electron chi connectivity index (χ4n) is 3.23. The molecule has 1 aliphatic heterocycles. The maximum absolute atomic E-state index is 11.3. The molecule has 25 heavy (non-hydrogen) atoms. The fourth-order valence-corrected chi connectivity index (χ4v) is 3.63. The lowest BCUT2D eigenvalue weighted by atomic mass is 10.0. The minimum atomic E-state index is -3.76. The molecule has 0 bridgehead atoms. The van der Waals surface area contributed by atoms with Gasteiger partial charge >= 0.3 is 0 Å². The summed E-state index contributed by atoms with van der Waals surface area (Å²) in [4.78, 5) is 14.7. The maximum Gasteiger partial charge on any atom is 0.241 e. The smallest absolute Gasteiger partial charge is 0.241 e. The molecule has 1 aliphatic rings. The Labute approximate surface area is 145 Å². The van der Waals surface area contributed by atoms with Crippen molar-refractivity contribution in [3.05, 3.63) is 43.0 Å². The second-order valence-electron chi connectivity index (χ2n) is 6.12. The molecule has 0 radical (unpaired) electrons. The number of piperidine rings is 1. The van der Waals surface area contributed by atoms with Gasteiger partial charge in [-0.3, -0.25) is 0 Å². The van der Waals surface area contributed by atoms with E-state index in [1.165, 1.54) is 12.4 Å². The van der Waals surface area contributed by atoms with Gasteiger partial charge in [-0.15, -0.1) is 0 Å². The first-order valence-corrected chi connectivity index (χ1v) is 9.58. The Morgan fingerprint density at radius 2 is 1.72 bits per heavy atom. The van der Waals surface area contributed by atoms with E-state index in [2.05, 4.69) is 30.5 Å². The van der Waals surface area contributed by atoms with Crippen LogP contribution in [0.2, 0.25) is 0 Å². The highest BCUT2D eigenvalue weighted by molar-refractivity contribution is 7.89. The average Bonchev–Trinajstić information content (AvgIpc) is 3.05. The first-order chi connectivity index (χ1) is 12.0. The van der Waals surface area contributed by atoms with Crippen LogP contribution >= 0.6 is 0 Å². The second-order valence-corrected chi connectivity index (χ2v) is 7.68. The Hall–Kier alpha value is -2.52. The van der Waals surface area contributed by atoms with Crippen LogP contribution in [0.1, 0.15) is 18.9 Å². The quantitative estimate of drug-likeness (QED) is 0.756. The molecule has 3 aromatic rings. The number of benzene rings is 1. The van der Waals surface area contributed by atoms with Gasteiger partial charge in [0, 0.05) is 19.1 Å². The van der Waals surface area contributed by atoms with Gasteiger partial charge in [-0.2, -0.15) is 0 Å². The van der Waals surface area contributed by atoms with Gasteiger partial charge in [-0.1, -0.05) is 12.1 Å². The van der Waals surface area contributed by atoms with Crippen LogP contribution in [-0.2, 0) is 10.0 Å². The lowest BCUT2D eigenvalue weighted by molar-refractivity contribution is 0.401. The van der Waals surface area contributed by atoms with E-state index in [4.69, 9.17) is 5.14 Å². The van der Waals surface area contributed by atoms with Crippen molar-refractivity contribution in [1.82, 2.24) is 19.5 Å². The molecule has 0 spiro atoms. The Kier molecular flexibility index (Phi) is 3.89. The Balaban J connectivity index is 1.48. The van der Waals surface area contributed by atoms with E-state index in [0.717, 1.165) is 37.0 Å². The van der Waals surface area contributed by atoms with E-state index < -0.39 is 10.0 Å². The van der Waals surface area contributed by atoms with Gasteiger partial charge in [-0.25, -0.2) is 28.5 Å². The van der Waals surface area contributed by atoms with Crippen LogP contribution in [0.15, 0.2) is 47.9 Å². The fraction of sp³-hybridized carbons (Fsp3) is 0.312. The molecule has 1 fully saturated rings. The van der Waals surface area contributed by atoms with E-state index in [1.807, 2.05) is 24.5 Å². The monoisotopic (exact) mass is 358 g/mol. The summed E-state index contributed by atoms with van der Waals surface area (Å²) in [5.41, 5.74) is 2.15. The maximum atomic E-state index is 11.3. The molecule has 2 aromatic heterocycles. The SMILES string of the molecule is NS(=O)(=O)c1cnc(N2CCC(n3cnc4ccccc43)CC2)nc1. The standard InChI is InChI=1S/C16H18N6O2S/c17-25(23,24)13-9-18-16(19-10-13)21-7-5-12(6-8-21)22-11-20-14-3-1-2-4-15(14)22/h1-4,9-12H,5-8H2,(H2,17,23,24). The lowest BCUT2D eigenvalue weighted by Crippen LogP contribution is -2.35. The summed E-state index contributed by atoms with van der Waals surface area (Å²) in [5, 5.41) is 5.07. The van der Waals surface area contributed by atoms with Crippen LogP contribution in [-0.4, -0.2) is 41.0 Å². The summed E-state index contributed by atoms with van der Waals surface area (Å²) in [6.45, 7) is 1.60. The molecule has 0 aliphatic carbocycles. The molecular formula is C16H18N6O2S. The number of primary sulfonamides is 1. The van der Waals surface area contributed by atoms with Crippen molar-refractivity contribution in [1.29, 1.82) is 0 Å². The zero-order valence-corrected chi connectivity index (χ0v) is 14.3. The number of fused-ring (bicyclic) bond motifs is 1. The largest absolute Gasteiger partial charge is 0.341 e. The molecule has 0 saturated carbocycles. The van der Waals surface area contributed by atoms with Crippen molar-refractivity contribution < 1.29 is 8.42 Å². The Morgan fingerprint density at radius 1 is 1.04 bits per heavy atom. The number of rotatable bonds is 3. The van der Waals surface area contributed by atoms with Gasteiger partial charge < -0.3 is 9.47 Å². The second kappa shape index (κ2) is 6.08. The summed E-state index contributed by atoms with van der Waals surface area (Å²) in [7, 11) is -3.76. The van der Waals surface area contributed by atoms with E-state index in [0.29, 0.717) is 12.0 Å². The van der Waals surface area contributed by atoms with Crippen LogP contribution in [0, 0.1) is 0 Å². The molecule has 2 N–H and O–H groups in total. The Morgan fingerprint density at radius 3 is 2.40 bits per heavy atom. The molecule has 1 saturated heterocycles. The molecule has 0 amide bonds. The van der Waals surface area contributed by atoms with Gasteiger partial charge in [0.15, 0.2) is 0 Å². The van der Waals surface area contributed by atoms with Gasteiger partial charge in [0.05, 0.1) is 29.8 Å². The number of anilines is 1. The summed E-state index contributed by atoms with van der Waals surface area (Å²) in [6.07, 6.45) is 6.31. The summed E-state index contributed by atoms with van der Waals surface area (Å²) in [6, 6.07) is 8.50. The van der Waals surface area contributed by atoms with E-state index >= 15 is 0 Å². The zero-order valence-electron chi connectivity index (χ0n) is 13.5. The highest BCUT2D eigenvalue weighted by Gasteiger charge is 2.23. The predicted molar refractivity (Wildman–Crippen MR) is 93.6 cm³/mol. The molecular weight excluding hydrogens is 340 g/mol. The number of hydrogen-bond donors (Lipinski definition) is 1. The van der Waals surface area contributed by atoms with Crippen LogP contribution in [0.3, 0.4) is 0 Å². The van der Waals surface area contributed by atoms with Crippen molar-refractivity contribution in [2.75, 3.05) is 18.0 Å². The minimum absolute atomic E-state index is 0.0731. The van der Waals surface area contributed by atoms with Crippen LogP contribution in [0.4, 0.5) is 5.95 Å². The third-order valence-corrected chi connectivity index (χ3v) is 5.43. The van der Waals surface area contributed by atoms with Crippen molar-refractivity contribution in [3.63, 3.8) is 0 Å². The van der Waals surface area contributed by atoms with Crippen molar-refractivity contribution in [2.45, 2.75) is 23.8 Å². The van der Waals surface area contributed by atoms with Gasteiger partial charge in [0.2, 0.25) is 16.0 Å². The zero-order chi connectivity index (χ0) is 17.4. The summed E-state index contributed by atoms with van der Waals surface area (Å²) in [5.74, 6) is 0.529. The molecule has 0 unspecified atom stereocenters. The number of hydrogen-bond acceptors (Lipinski definition) is 6. The number of imidazole rings is 1. The number of nitrogens with two attached hydrogens (primary N) is 1. The van der Waals surface area contributed by atoms with Gasteiger partial charge in [0.1, 0.15) is 4.90 Å². The molecule has 0 atom stereocenters.